The zero-order valence-corrected chi connectivity index (χ0v) is 52.3. The highest BCUT2D eigenvalue weighted by atomic mass is 16.8. The van der Waals surface area contributed by atoms with E-state index in [1.807, 2.05) is 6.92 Å². The number of rotatable bonds is 17. The molecule has 9 saturated heterocycles. The second kappa shape index (κ2) is 26.5. The van der Waals surface area contributed by atoms with Crippen molar-refractivity contribution in [1.82, 2.24) is 0 Å². The van der Waals surface area contributed by atoms with Crippen molar-refractivity contribution in [2.75, 3.05) is 13.2 Å². The molecule has 458 valence electrons. The largest absolute Gasteiger partial charge is 0.350 e. The van der Waals surface area contributed by atoms with Gasteiger partial charge in [-0.1, -0.05) is 132 Å². The third-order valence-corrected chi connectivity index (χ3v) is 22.2. The van der Waals surface area contributed by atoms with Crippen LogP contribution in [0.1, 0.15) is 171 Å². The van der Waals surface area contributed by atoms with Gasteiger partial charge in [0, 0.05) is 41.4 Å². The van der Waals surface area contributed by atoms with E-state index in [4.69, 9.17) is 75.8 Å². The van der Waals surface area contributed by atoms with E-state index in [9.17, 15) is 0 Å². The van der Waals surface area contributed by atoms with Gasteiger partial charge < -0.3 is 75.8 Å². The van der Waals surface area contributed by atoms with Gasteiger partial charge in [-0.05, 0) is 80.5 Å². The first kappa shape index (κ1) is 62.9. The number of hydrogen-bond donors (Lipinski definition) is 0. The van der Waals surface area contributed by atoms with Gasteiger partial charge in [0.1, 0.15) is 12.2 Å². The maximum Gasteiger partial charge on any atom is 0.161 e. The minimum absolute atomic E-state index is 0.00912. The fourth-order valence-electron chi connectivity index (χ4n) is 14.9. The number of fused-ring (bicyclic) bond motifs is 3. The van der Waals surface area contributed by atoms with E-state index in [1.54, 1.807) is 0 Å². The van der Waals surface area contributed by atoms with E-state index in [0.29, 0.717) is 19.1 Å². The Bertz CT molecular complexity index is 1890. The van der Waals surface area contributed by atoms with Gasteiger partial charge in [0.2, 0.25) is 0 Å². The predicted molar refractivity (Wildman–Crippen MR) is 296 cm³/mol. The summed E-state index contributed by atoms with van der Waals surface area (Å²) in [4.78, 5) is 0. The lowest BCUT2D eigenvalue weighted by atomic mass is 9.80. The van der Waals surface area contributed by atoms with E-state index in [-0.39, 0.29) is 188 Å². The Labute approximate surface area is 476 Å². The molecule has 9 aliphatic rings. The summed E-state index contributed by atoms with van der Waals surface area (Å²) in [5, 5.41) is 0. The molecule has 0 spiro atoms. The van der Waals surface area contributed by atoms with Crippen LogP contribution < -0.4 is 0 Å². The minimum atomic E-state index is -0.425. The fraction of sp³-hybridized carbons (Fsp3) is 1.00. The molecule has 9 heterocycles. The average molecular weight is 1120 g/mol. The van der Waals surface area contributed by atoms with Crippen LogP contribution in [0, 0.1) is 82.9 Å². The average Bonchev–Trinajstić information content (AvgIpc) is 4.08. The SMILES string of the molecule is CCC1O[C@H](O[C@H]2C(CC)O[C@@H](O[C@H]3C(CC)O[C@@H](O[C@H]4C(C)C(C)[C@@H]5OC[C@@H]4O5)C(C)[C@H]3C)C(C)[C@H]2C)C(C)C(C)[C@@H]1O[C@H]1OC(CC)[C@@H](O[C@@H]2OC(CC)[C@H](O[C@@H]3OC4COC(C)O[C@@H]4[C@H](C)C3C)[C@H](C)C2C)C(C)C1C. The first-order chi connectivity index (χ1) is 37.6. The number of ether oxygens (including phenoxy) is 16. The molecule has 0 aromatic rings. The van der Waals surface area contributed by atoms with Crippen LogP contribution in [0.2, 0.25) is 0 Å². The summed E-state index contributed by atoms with van der Waals surface area (Å²) in [6.07, 6.45) is -0.830. The van der Waals surface area contributed by atoms with Gasteiger partial charge in [0.05, 0.1) is 86.5 Å². The van der Waals surface area contributed by atoms with Gasteiger partial charge in [-0.2, -0.15) is 0 Å². The minimum Gasteiger partial charge on any atom is -0.350 e. The van der Waals surface area contributed by atoms with Crippen LogP contribution in [-0.4, -0.2) is 149 Å². The Hall–Kier alpha value is -0.640. The molecule has 0 aromatic carbocycles. The predicted octanol–water partition coefficient (Wildman–Crippen LogP) is 11.1. The van der Waals surface area contributed by atoms with Crippen molar-refractivity contribution >= 4 is 0 Å². The molecular weight excluding hydrogens is 1010 g/mol. The van der Waals surface area contributed by atoms with Crippen molar-refractivity contribution in [1.29, 1.82) is 0 Å². The third kappa shape index (κ3) is 12.5. The Morgan fingerprint density at radius 2 is 0.544 bits per heavy atom. The Morgan fingerprint density at radius 3 is 0.873 bits per heavy atom. The van der Waals surface area contributed by atoms with Gasteiger partial charge in [-0.15, -0.1) is 0 Å². The normalized spacial score (nSPS) is 55.3. The summed E-state index contributed by atoms with van der Waals surface area (Å²) in [7, 11) is 0. The molecule has 16 nitrogen and oxygen atoms in total. The molecule has 0 aliphatic carbocycles. The molecule has 16 heteroatoms. The molecule has 9 aliphatic heterocycles. The van der Waals surface area contributed by atoms with Crippen LogP contribution in [0.5, 0.6) is 0 Å². The standard InChI is InChI=1S/C63H110O16/c1-21-43-50(74-59-37(15)30(8)52(45(23-3)68-59)76-61-39(17)32(10)54(47(25-5)70-61)78-63-41(19)34(12)55-48(73-63)26-64-42(20)66-55)29(7)36(14)58(67-43)75-51-31(9)38(16)60(69-44(51)22-2)77-53-33(11)40(18)62(71-46(53)24-4)79-56-28(6)35(13)57-65-27-49(56)72-57/h28-63H,21-27H2,1-20H3/t28?,29?,30?,31-,32-,33-,34-,35?,36?,37?,38?,39?,40?,41?,42?,43?,44?,45?,46?,47?,48?,49+,50+,51-,52+,53-,54-,55-,56+,57-,58-,59-,60+,61+,62+,63+/m1/s1. The lowest BCUT2D eigenvalue weighted by Crippen LogP contribution is -2.60. The highest BCUT2D eigenvalue weighted by molar-refractivity contribution is 4.97. The molecule has 0 saturated carbocycles. The Morgan fingerprint density at radius 1 is 0.266 bits per heavy atom. The van der Waals surface area contributed by atoms with Gasteiger partial charge in [0.25, 0.3) is 0 Å². The topological polar surface area (TPSA) is 148 Å². The van der Waals surface area contributed by atoms with Gasteiger partial charge in [0.15, 0.2) is 50.3 Å². The second-order valence-electron chi connectivity index (χ2n) is 26.8. The van der Waals surface area contributed by atoms with Crippen LogP contribution in [-0.2, 0) is 75.8 Å². The van der Waals surface area contributed by atoms with E-state index >= 15 is 0 Å². The summed E-state index contributed by atoms with van der Waals surface area (Å²) >= 11 is 0. The van der Waals surface area contributed by atoms with Gasteiger partial charge >= 0.3 is 0 Å². The molecule has 0 aromatic heterocycles. The monoisotopic (exact) mass is 1120 g/mol. The van der Waals surface area contributed by atoms with E-state index in [2.05, 4.69) is 132 Å². The van der Waals surface area contributed by atoms with E-state index in [1.165, 1.54) is 0 Å². The molecule has 2 bridgehead atoms. The molecule has 9 rings (SSSR count). The smallest absolute Gasteiger partial charge is 0.161 e. The first-order valence-corrected chi connectivity index (χ1v) is 32.0. The number of hydrogen-bond acceptors (Lipinski definition) is 16. The Balaban J connectivity index is 0.786. The van der Waals surface area contributed by atoms with Crippen LogP contribution in [0.3, 0.4) is 0 Å². The van der Waals surface area contributed by atoms with Crippen molar-refractivity contribution in [2.24, 2.45) is 82.9 Å². The lowest BCUT2D eigenvalue weighted by Gasteiger charge is -2.53. The highest BCUT2D eigenvalue weighted by Gasteiger charge is 2.56. The summed E-state index contributed by atoms with van der Waals surface area (Å²) in [6, 6.07) is 0. The van der Waals surface area contributed by atoms with Crippen LogP contribution in [0.25, 0.3) is 0 Å². The molecular formula is C63H110O16. The first-order valence-electron chi connectivity index (χ1n) is 32.0. The molecule has 36 atom stereocenters. The van der Waals surface area contributed by atoms with Crippen LogP contribution in [0.15, 0.2) is 0 Å². The summed E-state index contributed by atoms with van der Waals surface area (Å²) < 4.78 is 108. The molecule has 0 radical (unpaired) electrons. The van der Waals surface area contributed by atoms with Gasteiger partial charge in [-0.3, -0.25) is 0 Å². The highest BCUT2D eigenvalue weighted by Crippen LogP contribution is 2.48. The summed E-state index contributed by atoms with van der Waals surface area (Å²) in [6.45, 7) is 45.4. The lowest BCUT2D eigenvalue weighted by molar-refractivity contribution is -0.374. The van der Waals surface area contributed by atoms with Gasteiger partial charge in [-0.25, -0.2) is 0 Å². The van der Waals surface area contributed by atoms with E-state index in [0.717, 1.165) is 32.1 Å². The molecule has 0 amide bonds. The fourth-order valence-corrected chi connectivity index (χ4v) is 14.9. The summed E-state index contributed by atoms with van der Waals surface area (Å²) in [5.74, 6) is 2.02. The molecule has 0 N–H and O–H groups in total. The van der Waals surface area contributed by atoms with Crippen LogP contribution >= 0.6 is 0 Å². The van der Waals surface area contributed by atoms with Crippen molar-refractivity contribution in [2.45, 2.75) is 306 Å². The maximum atomic E-state index is 7.19. The molecule has 17 unspecified atom stereocenters. The summed E-state index contributed by atoms with van der Waals surface area (Å²) in [5.41, 5.74) is 0. The van der Waals surface area contributed by atoms with Crippen molar-refractivity contribution in [3.8, 4) is 0 Å². The maximum absolute atomic E-state index is 7.19. The zero-order chi connectivity index (χ0) is 57.0. The molecule has 79 heavy (non-hydrogen) atoms. The van der Waals surface area contributed by atoms with Crippen molar-refractivity contribution < 1.29 is 75.8 Å². The van der Waals surface area contributed by atoms with Crippen molar-refractivity contribution in [3.05, 3.63) is 0 Å². The Kier molecular flexibility index (Phi) is 21.1. The zero-order valence-electron chi connectivity index (χ0n) is 52.3. The quantitative estimate of drug-likeness (QED) is 0.136. The van der Waals surface area contributed by atoms with E-state index < -0.39 is 25.2 Å². The molecule has 9 fully saturated rings. The van der Waals surface area contributed by atoms with Crippen molar-refractivity contribution in [3.63, 3.8) is 0 Å². The third-order valence-electron chi connectivity index (χ3n) is 22.2. The second-order valence-corrected chi connectivity index (χ2v) is 26.8. The van der Waals surface area contributed by atoms with Crippen LogP contribution in [0.4, 0.5) is 0 Å².